The molecule has 0 unspecified atom stereocenters. The van der Waals surface area contributed by atoms with Crippen LogP contribution >= 0.6 is 0 Å². The van der Waals surface area contributed by atoms with Crippen molar-refractivity contribution in [2.75, 3.05) is 39.2 Å². The van der Waals surface area contributed by atoms with E-state index in [0.29, 0.717) is 11.3 Å². The second kappa shape index (κ2) is 10.1. The largest absolute Gasteiger partial charge is 0.497 e. The monoisotopic (exact) mass is 412 g/mol. The highest BCUT2D eigenvalue weighted by molar-refractivity contribution is 6.01. The van der Waals surface area contributed by atoms with E-state index in [0.717, 1.165) is 36.4 Å². The van der Waals surface area contributed by atoms with Gasteiger partial charge < -0.3 is 19.5 Å². The third-order valence-electron chi connectivity index (χ3n) is 5.21. The Labute approximate surface area is 176 Å². The minimum atomic E-state index is -0.449. The molecule has 0 aliphatic carbocycles. The molecule has 0 saturated carbocycles. The Balaban J connectivity index is 1.72. The summed E-state index contributed by atoms with van der Waals surface area (Å²) in [5, 5.41) is 2.86. The number of hydrogen-bond donors (Lipinski definition) is 1. The molecule has 30 heavy (non-hydrogen) atoms. The van der Waals surface area contributed by atoms with Gasteiger partial charge >= 0.3 is 5.97 Å². The Morgan fingerprint density at radius 1 is 1.13 bits per heavy atom. The lowest BCUT2D eigenvalue weighted by Gasteiger charge is -2.26. The maximum absolute atomic E-state index is 12.8. The average molecular weight is 412 g/mol. The van der Waals surface area contributed by atoms with Crippen molar-refractivity contribution in [1.29, 1.82) is 0 Å². The van der Waals surface area contributed by atoms with Crippen LogP contribution in [0.2, 0.25) is 0 Å². The second-order valence-electron chi connectivity index (χ2n) is 7.05. The first-order valence-electron chi connectivity index (χ1n) is 10.1. The molecule has 0 radical (unpaired) electrons. The average Bonchev–Trinajstić information content (AvgIpc) is 3.21. The number of amides is 1. The molecule has 1 aliphatic heterocycles. The van der Waals surface area contributed by atoms with Crippen molar-refractivity contribution in [3.8, 4) is 11.5 Å². The van der Waals surface area contributed by atoms with Crippen molar-refractivity contribution in [2.24, 2.45) is 0 Å². The highest BCUT2D eigenvalue weighted by Gasteiger charge is 2.30. The number of nitrogens with zero attached hydrogens (tertiary/aromatic N) is 1. The molecule has 1 aliphatic rings. The summed E-state index contributed by atoms with van der Waals surface area (Å²) in [6.45, 7) is 3.06. The van der Waals surface area contributed by atoms with Gasteiger partial charge in [0.15, 0.2) is 0 Å². The van der Waals surface area contributed by atoms with Crippen molar-refractivity contribution >= 4 is 17.6 Å². The van der Waals surface area contributed by atoms with E-state index in [9.17, 15) is 9.59 Å². The lowest BCUT2D eigenvalue weighted by Crippen LogP contribution is -2.33. The molecule has 160 valence electrons. The Bertz CT molecular complexity index is 899. The van der Waals surface area contributed by atoms with E-state index in [2.05, 4.69) is 10.2 Å². The standard InChI is InChI=1S/C23H28N2O5/c1-4-30-23(27)17-8-5-6-9-19(17)24-22(26)15-25-13-7-10-20(25)18-12-11-16(28-2)14-21(18)29-3/h5-6,8-9,11-12,14,20H,4,7,10,13,15H2,1-3H3,(H,24,26)/t20-/m1/s1. The van der Waals surface area contributed by atoms with Gasteiger partial charge in [0.05, 0.1) is 38.6 Å². The number of nitrogens with one attached hydrogen (secondary N) is 1. The van der Waals surface area contributed by atoms with E-state index in [4.69, 9.17) is 14.2 Å². The van der Waals surface area contributed by atoms with Gasteiger partial charge in [-0.3, -0.25) is 9.69 Å². The van der Waals surface area contributed by atoms with E-state index >= 15 is 0 Å². The summed E-state index contributed by atoms with van der Waals surface area (Å²) in [7, 11) is 3.26. The van der Waals surface area contributed by atoms with Gasteiger partial charge in [-0.1, -0.05) is 18.2 Å². The SMILES string of the molecule is CCOC(=O)c1ccccc1NC(=O)CN1CCC[C@@H]1c1ccc(OC)cc1OC. The summed E-state index contributed by atoms with van der Waals surface area (Å²) in [6.07, 6.45) is 1.93. The number of esters is 1. The second-order valence-corrected chi connectivity index (χ2v) is 7.05. The molecular formula is C23H28N2O5. The minimum Gasteiger partial charge on any atom is -0.497 e. The summed E-state index contributed by atoms with van der Waals surface area (Å²) in [6, 6.07) is 12.7. The molecule has 3 rings (SSSR count). The Kier molecular flexibility index (Phi) is 7.30. The van der Waals surface area contributed by atoms with Crippen LogP contribution in [0.4, 0.5) is 5.69 Å². The van der Waals surface area contributed by atoms with Crippen molar-refractivity contribution in [2.45, 2.75) is 25.8 Å². The Hall–Kier alpha value is -3.06. The van der Waals surface area contributed by atoms with Crippen molar-refractivity contribution in [1.82, 2.24) is 4.90 Å². The summed E-state index contributed by atoms with van der Waals surface area (Å²) < 4.78 is 15.9. The van der Waals surface area contributed by atoms with Gasteiger partial charge in [-0.15, -0.1) is 0 Å². The van der Waals surface area contributed by atoms with Gasteiger partial charge in [-0.25, -0.2) is 4.79 Å². The molecule has 1 N–H and O–H groups in total. The van der Waals surface area contributed by atoms with Gasteiger partial charge in [-0.05, 0) is 44.5 Å². The molecule has 1 heterocycles. The number of carbonyl (C=O) groups excluding carboxylic acids is 2. The molecule has 7 nitrogen and oxygen atoms in total. The number of carbonyl (C=O) groups is 2. The fraction of sp³-hybridized carbons (Fsp3) is 0.391. The van der Waals surface area contributed by atoms with E-state index in [1.165, 1.54) is 0 Å². The molecule has 0 spiro atoms. The van der Waals surface area contributed by atoms with Crippen molar-refractivity contribution in [3.63, 3.8) is 0 Å². The summed E-state index contributed by atoms with van der Waals surface area (Å²) in [5.41, 5.74) is 1.84. The number of anilines is 1. The lowest BCUT2D eigenvalue weighted by atomic mass is 10.0. The van der Waals surface area contributed by atoms with Gasteiger partial charge in [-0.2, -0.15) is 0 Å². The molecule has 1 fully saturated rings. The Morgan fingerprint density at radius 3 is 2.67 bits per heavy atom. The van der Waals surface area contributed by atoms with Crippen LogP contribution in [0, 0.1) is 0 Å². The maximum atomic E-state index is 12.8. The first kappa shape index (κ1) is 21.6. The van der Waals surface area contributed by atoms with E-state index in [1.807, 2.05) is 18.2 Å². The van der Waals surface area contributed by atoms with Crippen LogP contribution in [0.3, 0.4) is 0 Å². The highest BCUT2D eigenvalue weighted by Crippen LogP contribution is 2.38. The van der Waals surface area contributed by atoms with E-state index in [-0.39, 0.29) is 25.1 Å². The zero-order chi connectivity index (χ0) is 21.5. The first-order valence-corrected chi connectivity index (χ1v) is 10.1. The molecule has 2 aromatic rings. The highest BCUT2D eigenvalue weighted by atomic mass is 16.5. The first-order chi connectivity index (χ1) is 14.6. The van der Waals surface area contributed by atoms with Crippen LogP contribution in [0.5, 0.6) is 11.5 Å². The number of ether oxygens (including phenoxy) is 3. The normalized spacial score (nSPS) is 16.2. The maximum Gasteiger partial charge on any atom is 0.340 e. The van der Waals surface area contributed by atoms with Crippen molar-refractivity contribution in [3.05, 3.63) is 53.6 Å². The number of methoxy groups -OCH3 is 2. The lowest BCUT2D eigenvalue weighted by molar-refractivity contribution is -0.117. The third-order valence-corrected chi connectivity index (χ3v) is 5.21. The molecule has 0 aromatic heterocycles. The molecule has 1 saturated heterocycles. The van der Waals surface area contributed by atoms with Crippen LogP contribution in [0.1, 0.15) is 41.7 Å². The number of benzene rings is 2. The molecule has 2 aromatic carbocycles. The van der Waals surface area contributed by atoms with Crippen LogP contribution in [0.15, 0.2) is 42.5 Å². The molecule has 1 atom stereocenters. The Morgan fingerprint density at radius 2 is 1.93 bits per heavy atom. The smallest absolute Gasteiger partial charge is 0.340 e. The summed E-state index contributed by atoms with van der Waals surface area (Å²) in [4.78, 5) is 27.1. The fourth-order valence-corrected chi connectivity index (χ4v) is 3.81. The van der Waals surface area contributed by atoms with Gasteiger partial charge in [0.2, 0.25) is 5.91 Å². The molecular weight excluding hydrogens is 384 g/mol. The molecule has 0 bridgehead atoms. The van der Waals surface area contributed by atoms with Crippen molar-refractivity contribution < 1.29 is 23.8 Å². The van der Waals surface area contributed by atoms with Crippen LogP contribution in [-0.2, 0) is 9.53 Å². The van der Waals surface area contributed by atoms with Crippen LogP contribution < -0.4 is 14.8 Å². The fourth-order valence-electron chi connectivity index (χ4n) is 3.81. The third kappa shape index (κ3) is 4.91. The number of hydrogen-bond acceptors (Lipinski definition) is 6. The van der Waals surface area contributed by atoms with Crippen LogP contribution in [-0.4, -0.2) is 50.7 Å². The van der Waals surface area contributed by atoms with Gasteiger partial charge in [0.25, 0.3) is 0 Å². The molecule has 7 heteroatoms. The predicted molar refractivity (Wildman–Crippen MR) is 114 cm³/mol. The number of likely N-dealkylation sites (tertiary alicyclic amines) is 1. The van der Waals surface area contributed by atoms with Gasteiger partial charge in [0, 0.05) is 17.7 Å². The topological polar surface area (TPSA) is 77.1 Å². The predicted octanol–water partition coefficient (Wildman–Crippen LogP) is 3.66. The minimum absolute atomic E-state index is 0.0805. The zero-order valence-corrected chi connectivity index (χ0v) is 17.6. The summed E-state index contributed by atoms with van der Waals surface area (Å²) in [5.74, 6) is 0.856. The van der Waals surface area contributed by atoms with E-state index in [1.54, 1.807) is 45.4 Å². The number of para-hydroxylation sites is 1. The number of rotatable bonds is 8. The summed E-state index contributed by atoms with van der Waals surface area (Å²) >= 11 is 0. The van der Waals surface area contributed by atoms with E-state index < -0.39 is 5.97 Å². The quantitative estimate of drug-likeness (QED) is 0.667. The zero-order valence-electron chi connectivity index (χ0n) is 17.6. The van der Waals surface area contributed by atoms with Gasteiger partial charge in [0.1, 0.15) is 11.5 Å². The molecule has 1 amide bonds. The van der Waals surface area contributed by atoms with Crippen LogP contribution in [0.25, 0.3) is 0 Å².